The third-order valence-corrected chi connectivity index (χ3v) is 11.6. The topological polar surface area (TPSA) is 216 Å². The number of hydrogen-bond donors (Lipinski definition) is 4. The fourth-order valence-electron chi connectivity index (χ4n) is 7.38. The molecule has 0 aromatic heterocycles. The number of amidine groups is 1. The smallest absolute Gasteiger partial charge is 0.387 e. The highest BCUT2D eigenvalue weighted by Gasteiger charge is 2.59. The Labute approximate surface area is 330 Å². The molecule has 3 aliphatic rings. The summed E-state index contributed by atoms with van der Waals surface area (Å²) in [6, 6.07) is 6.97. The minimum Gasteiger partial charge on any atom is -0.387 e. The molecule has 3 heterocycles. The maximum absolute atomic E-state index is 14.1. The van der Waals surface area contributed by atoms with Crippen LogP contribution in [0.25, 0.3) is 0 Å². The number of fused-ring (bicyclic) bond motifs is 1. The van der Waals surface area contributed by atoms with Crippen LogP contribution in [0.4, 0.5) is 4.39 Å². The lowest BCUT2D eigenvalue weighted by Crippen LogP contribution is -2.46. The van der Waals surface area contributed by atoms with E-state index in [0.717, 1.165) is 31.7 Å². The number of rotatable bonds is 27. The summed E-state index contributed by atoms with van der Waals surface area (Å²) < 4.78 is 49.6. The lowest BCUT2D eigenvalue weighted by Gasteiger charge is -2.31. The molecule has 0 amide bonds. The molecule has 0 bridgehead atoms. The summed E-state index contributed by atoms with van der Waals surface area (Å²) in [5.74, 6) is -0.369. The average molecular weight is 803 g/mol. The Morgan fingerprint density at radius 2 is 1.62 bits per heavy atom. The normalized spacial score (nSPS) is 24.6. The second kappa shape index (κ2) is 23.2. The van der Waals surface area contributed by atoms with E-state index < -0.39 is 56.3 Å². The number of nitriles is 2. The van der Waals surface area contributed by atoms with Crippen LogP contribution in [0, 0.1) is 28.5 Å². The summed E-state index contributed by atoms with van der Waals surface area (Å²) in [4.78, 5) is 14.6. The summed E-state index contributed by atoms with van der Waals surface area (Å²) in [5.41, 5.74) is 4.80. The van der Waals surface area contributed by atoms with Crippen molar-refractivity contribution in [2.45, 2.75) is 165 Å². The third kappa shape index (κ3) is 13.7. The number of nitrogens with zero attached hydrogens (tertiary/aromatic N) is 5. The SMILES string of the molecule is CCCCCCCCCCCCCCCCCC[C@H](COP(=O)(O)OC[C@@]1(C#N)O[C@@H](C2CC=C3C(N)=NC=NN32)[C@H](O)[C@@H]1O)OCc1cc(F)cc(C#N)c1. The monoisotopic (exact) mass is 802 g/mol. The molecule has 1 aromatic rings. The van der Waals surface area contributed by atoms with Gasteiger partial charge in [0.05, 0.1) is 42.7 Å². The Bertz CT molecular complexity index is 1620. The fourth-order valence-corrected chi connectivity index (χ4v) is 8.17. The van der Waals surface area contributed by atoms with Crippen molar-refractivity contribution in [3.05, 3.63) is 46.9 Å². The number of phosphoric acid groups is 1. The highest BCUT2D eigenvalue weighted by atomic mass is 31.2. The van der Waals surface area contributed by atoms with E-state index in [1.165, 1.54) is 101 Å². The molecule has 0 radical (unpaired) electrons. The van der Waals surface area contributed by atoms with E-state index in [2.05, 4.69) is 17.0 Å². The summed E-state index contributed by atoms with van der Waals surface area (Å²) in [6.07, 6.45) is 18.1. The molecular weight excluding hydrogens is 742 g/mol. The number of hydrazone groups is 1. The largest absolute Gasteiger partial charge is 0.472 e. The first kappa shape index (κ1) is 45.5. The molecule has 0 saturated carbocycles. The van der Waals surface area contributed by atoms with E-state index in [4.69, 9.17) is 24.3 Å². The Kier molecular flexibility index (Phi) is 18.9. The molecule has 14 nitrogen and oxygen atoms in total. The number of aliphatic hydroxyl groups excluding tert-OH is 2. The zero-order chi connectivity index (χ0) is 40.4. The van der Waals surface area contributed by atoms with Crippen molar-refractivity contribution in [3.8, 4) is 12.1 Å². The van der Waals surface area contributed by atoms with Gasteiger partial charge in [0, 0.05) is 0 Å². The molecule has 2 unspecified atom stereocenters. The maximum atomic E-state index is 14.1. The molecule has 3 aliphatic heterocycles. The molecular formula is C40H60FN6O8P. The molecule has 1 fully saturated rings. The molecule has 0 spiro atoms. The molecule has 1 aromatic carbocycles. The van der Waals surface area contributed by atoms with Gasteiger partial charge in [-0.15, -0.1) is 0 Å². The van der Waals surface area contributed by atoms with Gasteiger partial charge in [0.15, 0.2) is 5.84 Å². The van der Waals surface area contributed by atoms with E-state index in [-0.39, 0.29) is 24.6 Å². The Balaban J connectivity index is 1.22. The van der Waals surface area contributed by atoms with Crippen molar-refractivity contribution in [3.63, 3.8) is 0 Å². The lowest BCUT2D eigenvalue weighted by molar-refractivity contribution is -0.0882. The van der Waals surface area contributed by atoms with Crippen LogP contribution in [0.5, 0.6) is 0 Å². The molecule has 4 rings (SSSR count). The second-order valence-corrected chi connectivity index (χ2v) is 16.5. The van der Waals surface area contributed by atoms with E-state index in [0.29, 0.717) is 24.1 Å². The number of nitrogens with two attached hydrogens (primary N) is 1. The highest BCUT2D eigenvalue weighted by molar-refractivity contribution is 7.47. The van der Waals surface area contributed by atoms with Gasteiger partial charge in [-0.25, -0.2) is 13.9 Å². The average Bonchev–Trinajstić information content (AvgIpc) is 3.73. The lowest BCUT2D eigenvalue weighted by atomic mass is 9.94. The van der Waals surface area contributed by atoms with Crippen LogP contribution in [0.1, 0.15) is 134 Å². The van der Waals surface area contributed by atoms with Gasteiger partial charge < -0.3 is 30.3 Å². The molecule has 5 N–H and O–H groups in total. The number of ether oxygens (including phenoxy) is 2. The summed E-state index contributed by atoms with van der Waals surface area (Å²) in [5, 5.41) is 46.8. The summed E-state index contributed by atoms with van der Waals surface area (Å²) >= 11 is 0. The Morgan fingerprint density at radius 1 is 1.00 bits per heavy atom. The van der Waals surface area contributed by atoms with Crippen molar-refractivity contribution < 1.29 is 42.6 Å². The van der Waals surface area contributed by atoms with E-state index >= 15 is 0 Å². The van der Waals surface area contributed by atoms with E-state index in [1.54, 1.807) is 6.08 Å². The molecule has 1 saturated heterocycles. The van der Waals surface area contributed by atoms with Gasteiger partial charge in [-0.05, 0) is 36.6 Å². The number of aliphatic hydroxyl groups is 2. The number of hydrogen-bond acceptors (Lipinski definition) is 13. The molecule has 56 heavy (non-hydrogen) atoms. The second-order valence-electron chi connectivity index (χ2n) is 15.0. The predicted octanol–water partition coefficient (Wildman–Crippen LogP) is 7.02. The van der Waals surface area contributed by atoms with Crippen LogP contribution in [0.15, 0.2) is 40.1 Å². The van der Waals surface area contributed by atoms with Crippen LogP contribution in [0.2, 0.25) is 0 Å². The number of phosphoric ester groups is 1. The standard InChI is InChI=1S/C40H60FN6O8P/c1-2-3-4-5-6-7-8-9-10-11-12-13-14-15-16-17-18-33(52-25-31-21-30(24-42)22-32(41)23-31)26-53-56(50,51)54-28-40(27-43)38(49)36(48)37(55-40)34-19-20-35-39(44)45-29-46-47(34)35/h20-23,29,33-34,36-38,48-49H,2-19,25-26,28H2,1H3,(H,50,51)(H2,44,45,46)/t33-,34?,36+,37+,38+,40-/m1/s1. The van der Waals surface area contributed by atoms with Crippen LogP contribution in [0.3, 0.4) is 0 Å². The van der Waals surface area contributed by atoms with Crippen LogP contribution < -0.4 is 5.73 Å². The van der Waals surface area contributed by atoms with Crippen molar-refractivity contribution >= 4 is 20.0 Å². The van der Waals surface area contributed by atoms with Crippen molar-refractivity contribution in [2.24, 2.45) is 15.8 Å². The van der Waals surface area contributed by atoms with Crippen LogP contribution in [-0.4, -0.2) is 81.6 Å². The summed E-state index contributed by atoms with van der Waals surface area (Å²) in [7, 11) is -4.85. The third-order valence-electron chi connectivity index (χ3n) is 10.6. The Morgan fingerprint density at radius 3 is 2.23 bits per heavy atom. The molecule has 0 aliphatic carbocycles. The first-order valence-corrected chi connectivity index (χ1v) is 21.8. The number of aliphatic imine (C=N–C) groups is 1. The number of halogens is 1. The van der Waals surface area contributed by atoms with Gasteiger partial charge >= 0.3 is 7.82 Å². The molecule has 16 heteroatoms. The molecule has 310 valence electrons. The number of unbranched alkanes of at least 4 members (excludes halogenated alkanes) is 15. The number of benzene rings is 1. The summed E-state index contributed by atoms with van der Waals surface area (Å²) in [6.45, 7) is 0.919. The quantitative estimate of drug-likeness (QED) is 0.0521. The zero-order valence-electron chi connectivity index (χ0n) is 32.6. The van der Waals surface area contributed by atoms with Crippen molar-refractivity contribution in [2.75, 3.05) is 13.2 Å². The van der Waals surface area contributed by atoms with Gasteiger partial charge in [0.2, 0.25) is 5.60 Å². The van der Waals surface area contributed by atoms with Gasteiger partial charge in [-0.1, -0.05) is 116 Å². The van der Waals surface area contributed by atoms with Gasteiger partial charge in [0.1, 0.15) is 43.1 Å². The van der Waals surface area contributed by atoms with Gasteiger partial charge in [0.25, 0.3) is 0 Å². The minimum atomic E-state index is -4.85. The maximum Gasteiger partial charge on any atom is 0.472 e. The van der Waals surface area contributed by atoms with Crippen molar-refractivity contribution in [1.29, 1.82) is 10.5 Å². The Hall–Kier alpha value is -3.24. The fraction of sp³-hybridized carbons (Fsp3) is 0.700. The highest BCUT2D eigenvalue weighted by Crippen LogP contribution is 2.47. The minimum absolute atomic E-state index is 0.0664. The van der Waals surface area contributed by atoms with Crippen LogP contribution >= 0.6 is 7.82 Å². The zero-order valence-corrected chi connectivity index (χ0v) is 33.5. The van der Waals surface area contributed by atoms with Gasteiger partial charge in [-0.2, -0.15) is 15.6 Å². The first-order valence-electron chi connectivity index (χ1n) is 20.3. The van der Waals surface area contributed by atoms with E-state index in [1.807, 2.05) is 12.1 Å². The molecule has 7 atom stereocenters. The first-order chi connectivity index (χ1) is 27.0. The van der Waals surface area contributed by atoms with Crippen molar-refractivity contribution in [1.82, 2.24) is 5.01 Å². The van der Waals surface area contributed by atoms with Gasteiger partial charge in [-0.3, -0.25) is 14.1 Å². The predicted molar refractivity (Wildman–Crippen MR) is 209 cm³/mol. The van der Waals surface area contributed by atoms with Crippen LogP contribution in [-0.2, 0) is 29.7 Å². The van der Waals surface area contributed by atoms with E-state index in [9.17, 15) is 34.6 Å².